The van der Waals surface area contributed by atoms with Crippen molar-refractivity contribution in [1.29, 1.82) is 0 Å². The molecule has 1 atom stereocenters. The molecule has 18 heavy (non-hydrogen) atoms. The van der Waals surface area contributed by atoms with Gasteiger partial charge >= 0.3 is 0 Å². The number of hydrogen-bond acceptors (Lipinski definition) is 3. The highest BCUT2D eigenvalue weighted by molar-refractivity contribution is 5.03. The lowest BCUT2D eigenvalue weighted by molar-refractivity contribution is 0.275. The third kappa shape index (κ3) is 4.75. The summed E-state index contributed by atoms with van der Waals surface area (Å²) in [4.78, 5) is 6.80. The molecule has 1 N–H and O–H groups in total. The number of pyridine rings is 1. The van der Waals surface area contributed by atoms with Crippen LogP contribution in [0.25, 0.3) is 0 Å². The third-order valence-electron chi connectivity index (χ3n) is 3.79. The van der Waals surface area contributed by atoms with Crippen molar-refractivity contribution >= 4 is 0 Å². The molecule has 1 aliphatic rings. The predicted molar refractivity (Wildman–Crippen MR) is 75.6 cm³/mol. The Hall–Kier alpha value is -0.930. The van der Waals surface area contributed by atoms with Crippen LogP contribution < -0.4 is 5.32 Å². The smallest absolute Gasteiger partial charge is 0.0416 e. The summed E-state index contributed by atoms with van der Waals surface area (Å²) in [5.41, 5.74) is 1.20. The van der Waals surface area contributed by atoms with Crippen molar-refractivity contribution in [2.75, 3.05) is 33.2 Å². The maximum atomic E-state index is 4.36. The third-order valence-corrected chi connectivity index (χ3v) is 3.79. The highest BCUT2D eigenvalue weighted by atomic mass is 15.1. The maximum Gasteiger partial charge on any atom is 0.0416 e. The van der Waals surface area contributed by atoms with Gasteiger partial charge in [0.25, 0.3) is 0 Å². The van der Waals surface area contributed by atoms with E-state index in [1.54, 1.807) is 0 Å². The Labute approximate surface area is 111 Å². The van der Waals surface area contributed by atoms with Crippen LogP contribution in [0.3, 0.4) is 0 Å². The van der Waals surface area contributed by atoms with Crippen LogP contribution in [0.2, 0.25) is 0 Å². The average Bonchev–Trinajstić information content (AvgIpc) is 2.45. The van der Waals surface area contributed by atoms with Crippen molar-refractivity contribution in [2.45, 2.75) is 25.7 Å². The van der Waals surface area contributed by atoms with Crippen LogP contribution in [-0.4, -0.2) is 43.1 Å². The minimum absolute atomic E-state index is 0.885. The van der Waals surface area contributed by atoms with Gasteiger partial charge < -0.3 is 10.2 Å². The van der Waals surface area contributed by atoms with E-state index in [-0.39, 0.29) is 0 Å². The first-order valence-electron chi connectivity index (χ1n) is 7.14. The van der Waals surface area contributed by atoms with Gasteiger partial charge in [-0.25, -0.2) is 0 Å². The SMILES string of the molecule is CN(CCc1ccccn1)CC[C@@H]1CCCNC1. The molecule has 3 heteroatoms. The summed E-state index contributed by atoms with van der Waals surface area (Å²) in [6.07, 6.45) is 7.01. The summed E-state index contributed by atoms with van der Waals surface area (Å²) in [6.45, 7) is 4.75. The van der Waals surface area contributed by atoms with Gasteiger partial charge in [0.15, 0.2) is 0 Å². The van der Waals surface area contributed by atoms with E-state index in [2.05, 4.69) is 34.4 Å². The fourth-order valence-corrected chi connectivity index (χ4v) is 2.54. The molecule has 1 aromatic rings. The van der Waals surface area contributed by atoms with Crippen LogP contribution in [0, 0.1) is 5.92 Å². The molecule has 1 fully saturated rings. The molecule has 0 radical (unpaired) electrons. The molecule has 0 saturated carbocycles. The average molecular weight is 247 g/mol. The second-order valence-electron chi connectivity index (χ2n) is 5.38. The van der Waals surface area contributed by atoms with Crippen molar-refractivity contribution in [3.8, 4) is 0 Å². The zero-order chi connectivity index (χ0) is 12.6. The molecule has 2 rings (SSSR count). The van der Waals surface area contributed by atoms with Crippen LogP contribution >= 0.6 is 0 Å². The van der Waals surface area contributed by atoms with Crippen molar-refractivity contribution in [2.24, 2.45) is 5.92 Å². The number of likely N-dealkylation sites (N-methyl/N-ethyl adjacent to an activating group) is 1. The molecule has 0 bridgehead atoms. The minimum Gasteiger partial charge on any atom is -0.316 e. The van der Waals surface area contributed by atoms with Crippen LogP contribution in [0.1, 0.15) is 25.0 Å². The van der Waals surface area contributed by atoms with Gasteiger partial charge in [-0.15, -0.1) is 0 Å². The molecule has 0 aromatic carbocycles. The maximum absolute atomic E-state index is 4.36. The predicted octanol–water partition coefficient (Wildman–Crippen LogP) is 1.95. The highest BCUT2D eigenvalue weighted by Crippen LogP contribution is 2.14. The summed E-state index contributed by atoms with van der Waals surface area (Å²) in [5.74, 6) is 0.885. The van der Waals surface area contributed by atoms with Crippen molar-refractivity contribution < 1.29 is 0 Å². The van der Waals surface area contributed by atoms with Crippen LogP contribution in [0.5, 0.6) is 0 Å². The fourth-order valence-electron chi connectivity index (χ4n) is 2.54. The van der Waals surface area contributed by atoms with E-state index < -0.39 is 0 Å². The Morgan fingerprint density at radius 3 is 3.06 bits per heavy atom. The van der Waals surface area contributed by atoms with Crippen molar-refractivity contribution in [1.82, 2.24) is 15.2 Å². The van der Waals surface area contributed by atoms with Gasteiger partial charge in [-0.05, 0) is 64.0 Å². The second kappa shape index (κ2) is 7.49. The number of rotatable bonds is 6. The Morgan fingerprint density at radius 1 is 1.39 bits per heavy atom. The second-order valence-corrected chi connectivity index (χ2v) is 5.38. The lowest BCUT2D eigenvalue weighted by atomic mass is 9.96. The Morgan fingerprint density at radius 2 is 2.33 bits per heavy atom. The van der Waals surface area contributed by atoms with Gasteiger partial charge in [0.2, 0.25) is 0 Å². The van der Waals surface area contributed by atoms with E-state index in [4.69, 9.17) is 0 Å². The van der Waals surface area contributed by atoms with Gasteiger partial charge in [-0.3, -0.25) is 4.98 Å². The van der Waals surface area contributed by atoms with Gasteiger partial charge in [0, 0.05) is 24.9 Å². The first-order valence-corrected chi connectivity index (χ1v) is 7.14. The summed E-state index contributed by atoms with van der Waals surface area (Å²) in [7, 11) is 2.22. The van der Waals surface area contributed by atoms with Crippen LogP contribution in [0.15, 0.2) is 24.4 Å². The summed E-state index contributed by atoms with van der Waals surface area (Å²) in [5, 5.41) is 3.49. The normalized spacial score (nSPS) is 20.2. The largest absolute Gasteiger partial charge is 0.316 e. The topological polar surface area (TPSA) is 28.2 Å². The molecule has 1 aliphatic heterocycles. The Kier molecular flexibility index (Phi) is 5.62. The molecule has 3 nitrogen and oxygen atoms in total. The molecule has 1 aromatic heterocycles. The zero-order valence-electron chi connectivity index (χ0n) is 11.4. The lowest BCUT2D eigenvalue weighted by Crippen LogP contribution is -2.32. The number of nitrogens with zero attached hydrogens (tertiary/aromatic N) is 2. The van der Waals surface area contributed by atoms with Crippen molar-refractivity contribution in [3.05, 3.63) is 30.1 Å². The summed E-state index contributed by atoms with van der Waals surface area (Å²) < 4.78 is 0. The number of piperidine rings is 1. The van der Waals surface area contributed by atoms with Crippen LogP contribution in [-0.2, 0) is 6.42 Å². The molecule has 0 spiro atoms. The number of nitrogens with one attached hydrogen (secondary N) is 1. The Balaban J connectivity index is 1.61. The highest BCUT2D eigenvalue weighted by Gasteiger charge is 2.13. The summed E-state index contributed by atoms with van der Waals surface area (Å²) in [6, 6.07) is 6.15. The number of hydrogen-bond donors (Lipinski definition) is 1. The molecular formula is C15H25N3. The lowest BCUT2D eigenvalue weighted by Gasteiger charge is -2.25. The summed E-state index contributed by atoms with van der Waals surface area (Å²) >= 11 is 0. The van der Waals surface area contributed by atoms with Crippen LogP contribution in [0.4, 0.5) is 0 Å². The van der Waals surface area contributed by atoms with Gasteiger partial charge in [-0.1, -0.05) is 6.07 Å². The monoisotopic (exact) mass is 247 g/mol. The molecule has 0 amide bonds. The standard InChI is InChI=1S/C15H25N3/c1-18(11-7-14-5-4-9-16-13-14)12-8-15-6-2-3-10-17-15/h2-3,6,10,14,16H,4-5,7-9,11-13H2,1H3/t14-/m0/s1. The quantitative estimate of drug-likeness (QED) is 0.833. The van der Waals surface area contributed by atoms with Gasteiger partial charge in [0.1, 0.15) is 0 Å². The van der Waals surface area contributed by atoms with E-state index >= 15 is 0 Å². The molecule has 0 unspecified atom stereocenters. The van der Waals surface area contributed by atoms with E-state index in [1.807, 2.05) is 12.3 Å². The van der Waals surface area contributed by atoms with E-state index in [0.29, 0.717) is 0 Å². The molecule has 2 heterocycles. The van der Waals surface area contributed by atoms with E-state index in [1.165, 1.54) is 44.6 Å². The Bertz CT molecular complexity index is 320. The van der Waals surface area contributed by atoms with Gasteiger partial charge in [0.05, 0.1) is 0 Å². The fraction of sp³-hybridized carbons (Fsp3) is 0.667. The van der Waals surface area contributed by atoms with E-state index in [0.717, 1.165) is 18.9 Å². The van der Waals surface area contributed by atoms with E-state index in [9.17, 15) is 0 Å². The molecule has 100 valence electrons. The molecule has 1 saturated heterocycles. The zero-order valence-corrected chi connectivity index (χ0v) is 11.4. The number of aromatic nitrogens is 1. The first-order chi connectivity index (χ1) is 8.84. The van der Waals surface area contributed by atoms with Crippen molar-refractivity contribution in [3.63, 3.8) is 0 Å². The minimum atomic E-state index is 0.885. The first kappa shape index (κ1) is 13.5. The molecular weight excluding hydrogens is 222 g/mol. The molecule has 0 aliphatic carbocycles. The van der Waals surface area contributed by atoms with Gasteiger partial charge in [-0.2, -0.15) is 0 Å².